The minimum absolute atomic E-state index is 0.178. The smallest absolute Gasteiger partial charge is 0.0630 e. The molecular formula is C13H30N2O. The second-order valence-corrected chi connectivity index (χ2v) is 5.57. The van der Waals surface area contributed by atoms with Gasteiger partial charge in [0.1, 0.15) is 0 Å². The molecule has 0 saturated heterocycles. The van der Waals surface area contributed by atoms with Crippen LogP contribution in [0.15, 0.2) is 0 Å². The predicted molar refractivity (Wildman–Crippen MR) is 71.0 cm³/mol. The van der Waals surface area contributed by atoms with E-state index >= 15 is 0 Å². The minimum atomic E-state index is 0.178. The fourth-order valence-electron chi connectivity index (χ4n) is 1.55. The minimum Gasteiger partial charge on any atom is -0.383 e. The van der Waals surface area contributed by atoms with E-state index in [9.17, 15) is 0 Å². The van der Waals surface area contributed by atoms with Crippen LogP contribution >= 0.6 is 0 Å². The van der Waals surface area contributed by atoms with E-state index in [-0.39, 0.29) is 5.54 Å². The van der Waals surface area contributed by atoms with Crippen molar-refractivity contribution >= 4 is 0 Å². The maximum atomic E-state index is 5.29. The Labute approximate surface area is 102 Å². The van der Waals surface area contributed by atoms with Crippen molar-refractivity contribution in [2.24, 2.45) is 0 Å². The molecule has 16 heavy (non-hydrogen) atoms. The third-order valence-corrected chi connectivity index (χ3v) is 2.71. The summed E-state index contributed by atoms with van der Waals surface area (Å²) >= 11 is 0. The fourth-order valence-corrected chi connectivity index (χ4v) is 1.55. The van der Waals surface area contributed by atoms with Crippen LogP contribution in [0.2, 0.25) is 0 Å². The van der Waals surface area contributed by atoms with Crippen molar-refractivity contribution in [1.82, 2.24) is 10.2 Å². The Morgan fingerprint density at radius 2 is 1.94 bits per heavy atom. The van der Waals surface area contributed by atoms with E-state index in [1.165, 1.54) is 12.8 Å². The molecule has 1 unspecified atom stereocenters. The molecule has 0 fully saturated rings. The molecule has 0 aromatic carbocycles. The van der Waals surface area contributed by atoms with Crippen LogP contribution in [0.4, 0.5) is 0 Å². The number of nitrogens with zero attached hydrogens (tertiary/aromatic N) is 1. The SMILES string of the molecule is CCCCN(C)C(CNC(C)(C)C)COC. The summed E-state index contributed by atoms with van der Waals surface area (Å²) in [6, 6.07) is 0.468. The van der Waals surface area contributed by atoms with Gasteiger partial charge in [0.2, 0.25) is 0 Å². The van der Waals surface area contributed by atoms with E-state index < -0.39 is 0 Å². The van der Waals surface area contributed by atoms with E-state index in [0.717, 1.165) is 19.7 Å². The lowest BCUT2D eigenvalue weighted by molar-refractivity contribution is 0.100. The Morgan fingerprint density at radius 3 is 2.38 bits per heavy atom. The third kappa shape index (κ3) is 8.08. The Kier molecular flexibility index (Phi) is 7.98. The Morgan fingerprint density at radius 1 is 1.31 bits per heavy atom. The molecule has 0 bridgehead atoms. The van der Waals surface area contributed by atoms with Crippen LogP contribution in [0, 0.1) is 0 Å². The van der Waals surface area contributed by atoms with Crippen LogP contribution in [-0.4, -0.2) is 50.3 Å². The van der Waals surface area contributed by atoms with E-state index in [1.807, 2.05) is 0 Å². The monoisotopic (exact) mass is 230 g/mol. The van der Waals surface area contributed by atoms with Gasteiger partial charge in [0.25, 0.3) is 0 Å². The summed E-state index contributed by atoms with van der Waals surface area (Å²) in [6.45, 7) is 11.7. The van der Waals surface area contributed by atoms with Gasteiger partial charge in [-0.3, -0.25) is 4.90 Å². The highest BCUT2D eigenvalue weighted by atomic mass is 16.5. The van der Waals surface area contributed by atoms with Crippen LogP contribution in [0.1, 0.15) is 40.5 Å². The number of methoxy groups -OCH3 is 1. The molecule has 1 atom stereocenters. The van der Waals surface area contributed by atoms with E-state index in [2.05, 4.69) is 45.0 Å². The average molecular weight is 230 g/mol. The largest absolute Gasteiger partial charge is 0.383 e. The maximum absolute atomic E-state index is 5.29. The number of unbranched alkanes of at least 4 members (excludes halogenated alkanes) is 1. The van der Waals surface area contributed by atoms with Gasteiger partial charge in [-0.2, -0.15) is 0 Å². The summed E-state index contributed by atoms with van der Waals surface area (Å²) in [4.78, 5) is 2.39. The number of likely N-dealkylation sites (N-methyl/N-ethyl adjacent to an activating group) is 1. The van der Waals surface area contributed by atoms with Gasteiger partial charge in [-0.05, 0) is 40.8 Å². The van der Waals surface area contributed by atoms with Crippen molar-refractivity contribution in [2.75, 3.05) is 33.9 Å². The molecule has 3 heteroatoms. The van der Waals surface area contributed by atoms with Gasteiger partial charge < -0.3 is 10.1 Å². The number of hydrogen-bond acceptors (Lipinski definition) is 3. The molecular weight excluding hydrogens is 200 g/mol. The molecule has 0 aromatic rings. The molecule has 0 aliphatic heterocycles. The van der Waals surface area contributed by atoms with Gasteiger partial charge in [0.05, 0.1) is 6.61 Å². The van der Waals surface area contributed by atoms with E-state index in [0.29, 0.717) is 6.04 Å². The Balaban J connectivity index is 4.04. The first kappa shape index (κ1) is 15.9. The summed E-state index contributed by atoms with van der Waals surface area (Å²) in [5.41, 5.74) is 0.178. The first-order valence-corrected chi connectivity index (χ1v) is 6.35. The van der Waals surface area contributed by atoms with Gasteiger partial charge >= 0.3 is 0 Å². The van der Waals surface area contributed by atoms with Crippen molar-refractivity contribution in [1.29, 1.82) is 0 Å². The van der Waals surface area contributed by atoms with Crippen molar-refractivity contribution in [3.05, 3.63) is 0 Å². The van der Waals surface area contributed by atoms with Crippen LogP contribution in [0.25, 0.3) is 0 Å². The second kappa shape index (κ2) is 8.04. The van der Waals surface area contributed by atoms with Crippen LogP contribution in [0.5, 0.6) is 0 Å². The Hall–Kier alpha value is -0.120. The number of nitrogens with one attached hydrogen (secondary N) is 1. The molecule has 0 rings (SSSR count). The lowest BCUT2D eigenvalue weighted by atomic mass is 10.1. The standard InChI is InChI=1S/C13H30N2O/c1-7-8-9-15(5)12(11-16-6)10-14-13(2,3)4/h12,14H,7-11H2,1-6H3. The summed E-state index contributed by atoms with van der Waals surface area (Å²) in [5, 5.41) is 3.54. The first-order chi connectivity index (χ1) is 7.40. The third-order valence-electron chi connectivity index (χ3n) is 2.71. The topological polar surface area (TPSA) is 24.5 Å². The summed E-state index contributed by atoms with van der Waals surface area (Å²) in [7, 11) is 3.96. The first-order valence-electron chi connectivity index (χ1n) is 6.35. The quantitative estimate of drug-likeness (QED) is 0.691. The fraction of sp³-hybridized carbons (Fsp3) is 1.00. The molecule has 0 aromatic heterocycles. The van der Waals surface area contributed by atoms with Crippen molar-refractivity contribution in [3.8, 4) is 0 Å². The van der Waals surface area contributed by atoms with Crippen LogP contribution in [-0.2, 0) is 4.74 Å². The molecule has 0 aliphatic rings. The lowest BCUT2D eigenvalue weighted by Crippen LogP contribution is -2.48. The zero-order chi connectivity index (χ0) is 12.6. The molecule has 0 amide bonds. The molecule has 0 radical (unpaired) electrons. The van der Waals surface area contributed by atoms with Crippen LogP contribution < -0.4 is 5.32 Å². The van der Waals surface area contributed by atoms with Gasteiger partial charge in [-0.15, -0.1) is 0 Å². The molecule has 3 nitrogen and oxygen atoms in total. The Bertz CT molecular complexity index is 166. The van der Waals surface area contributed by atoms with E-state index in [4.69, 9.17) is 4.74 Å². The summed E-state index contributed by atoms with van der Waals surface area (Å²) in [5.74, 6) is 0. The van der Waals surface area contributed by atoms with Gasteiger partial charge in [-0.1, -0.05) is 13.3 Å². The molecule has 98 valence electrons. The highest BCUT2D eigenvalue weighted by Crippen LogP contribution is 2.03. The molecule has 0 saturated carbocycles. The number of ether oxygens (including phenoxy) is 1. The number of hydrogen-bond donors (Lipinski definition) is 1. The van der Waals surface area contributed by atoms with Gasteiger partial charge in [0.15, 0.2) is 0 Å². The predicted octanol–water partition coefficient (Wildman–Crippen LogP) is 2.12. The van der Waals surface area contributed by atoms with Crippen molar-refractivity contribution in [3.63, 3.8) is 0 Å². The number of rotatable bonds is 8. The van der Waals surface area contributed by atoms with Gasteiger partial charge in [-0.25, -0.2) is 0 Å². The zero-order valence-corrected chi connectivity index (χ0v) is 12.0. The molecule has 1 N–H and O–H groups in total. The lowest BCUT2D eigenvalue weighted by Gasteiger charge is -2.31. The van der Waals surface area contributed by atoms with E-state index in [1.54, 1.807) is 7.11 Å². The molecule has 0 spiro atoms. The van der Waals surface area contributed by atoms with Gasteiger partial charge in [0, 0.05) is 25.2 Å². The highest BCUT2D eigenvalue weighted by Gasteiger charge is 2.17. The normalized spacial score (nSPS) is 14.4. The van der Waals surface area contributed by atoms with Crippen LogP contribution in [0.3, 0.4) is 0 Å². The zero-order valence-electron chi connectivity index (χ0n) is 12.0. The average Bonchev–Trinajstić information content (AvgIpc) is 2.19. The highest BCUT2D eigenvalue weighted by molar-refractivity contribution is 4.77. The van der Waals surface area contributed by atoms with Crippen molar-refractivity contribution in [2.45, 2.75) is 52.1 Å². The van der Waals surface area contributed by atoms with Crippen molar-refractivity contribution < 1.29 is 4.74 Å². The second-order valence-electron chi connectivity index (χ2n) is 5.57. The summed E-state index contributed by atoms with van der Waals surface area (Å²) in [6.07, 6.45) is 2.50. The molecule has 0 aliphatic carbocycles. The molecule has 0 heterocycles. The maximum Gasteiger partial charge on any atom is 0.0630 e. The summed E-state index contributed by atoms with van der Waals surface area (Å²) < 4.78 is 5.29.